The molecule has 1 aromatic carbocycles. The summed E-state index contributed by atoms with van der Waals surface area (Å²) in [4.78, 5) is 11.3. The number of nitriles is 1. The van der Waals surface area contributed by atoms with Crippen molar-refractivity contribution in [3.05, 3.63) is 40.2 Å². The molecule has 2 heterocycles. The van der Waals surface area contributed by atoms with Crippen molar-refractivity contribution in [1.29, 1.82) is 5.26 Å². The number of hydrogen-bond acceptors (Lipinski definition) is 5. The van der Waals surface area contributed by atoms with Gasteiger partial charge in [0.05, 0.1) is 5.52 Å². The highest BCUT2D eigenvalue weighted by Crippen LogP contribution is 2.18. The Kier molecular flexibility index (Phi) is 1.86. The molecule has 1 N–H and O–H groups in total. The number of nitrogens with zero attached hydrogens (tertiary/aromatic N) is 4. The minimum atomic E-state index is -0.109. The van der Waals surface area contributed by atoms with Crippen molar-refractivity contribution >= 4 is 21.9 Å². The van der Waals surface area contributed by atoms with Crippen LogP contribution >= 0.6 is 0 Å². The maximum atomic E-state index is 11.3. The predicted molar refractivity (Wildman–Crippen MR) is 60.2 cm³/mol. The first-order valence-corrected chi connectivity index (χ1v) is 4.84. The van der Waals surface area contributed by atoms with E-state index in [1.165, 1.54) is 12.1 Å². The van der Waals surface area contributed by atoms with Crippen molar-refractivity contribution in [2.45, 2.75) is 0 Å². The molecule has 0 spiro atoms. The molecule has 0 saturated carbocycles. The van der Waals surface area contributed by atoms with Gasteiger partial charge in [-0.1, -0.05) is 0 Å². The molecule has 3 aromatic rings. The monoisotopic (exact) mass is 223 g/mol. The largest absolute Gasteiger partial charge is 0.290 e. The summed E-state index contributed by atoms with van der Waals surface area (Å²) < 4.78 is 0. The summed E-state index contributed by atoms with van der Waals surface area (Å²) in [7, 11) is 0. The molecule has 0 fully saturated rings. The highest BCUT2D eigenvalue weighted by atomic mass is 16.1. The Balaban J connectivity index is 2.57. The maximum absolute atomic E-state index is 11.3. The first-order chi connectivity index (χ1) is 8.28. The summed E-state index contributed by atoms with van der Waals surface area (Å²) in [6.07, 6.45) is 0. The van der Waals surface area contributed by atoms with Crippen LogP contribution in [0.25, 0.3) is 21.9 Å². The predicted octanol–water partition coefficient (Wildman–Crippen LogP) is 0.738. The fourth-order valence-electron chi connectivity index (χ4n) is 1.67. The first-order valence-electron chi connectivity index (χ1n) is 4.84. The Morgan fingerprint density at radius 2 is 2.06 bits per heavy atom. The van der Waals surface area contributed by atoms with E-state index in [0.29, 0.717) is 21.9 Å². The van der Waals surface area contributed by atoms with Crippen LogP contribution < -0.4 is 5.43 Å². The highest BCUT2D eigenvalue weighted by Gasteiger charge is 2.05. The number of aromatic amines is 1. The van der Waals surface area contributed by atoms with Gasteiger partial charge in [0.1, 0.15) is 6.07 Å². The topological polar surface area (TPSA) is 95.3 Å². The van der Waals surface area contributed by atoms with E-state index in [9.17, 15) is 4.79 Å². The van der Waals surface area contributed by atoms with Gasteiger partial charge in [0.15, 0.2) is 16.8 Å². The van der Waals surface area contributed by atoms with E-state index in [1.807, 2.05) is 6.07 Å². The number of fused-ring (bicyclic) bond motifs is 3. The molecule has 0 aliphatic carbocycles. The Hall–Kier alpha value is -2.81. The smallest absolute Gasteiger partial charge is 0.179 e. The number of H-pyrrole nitrogens is 1. The Morgan fingerprint density at radius 3 is 2.88 bits per heavy atom. The average molecular weight is 223 g/mol. The molecule has 0 bridgehead atoms. The van der Waals surface area contributed by atoms with Crippen molar-refractivity contribution in [2.75, 3.05) is 0 Å². The van der Waals surface area contributed by atoms with E-state index < -0.39 is 0 Å². The van der Waals surface area contributed by atoms with E-state index in [0.717, 1.165) is 0 Å². The van der Waals surface area contributed by atoms with Gasteiger partial charge in [-0.2, -0.15) is 10.4 Å². The average Bonchev–Trinajstić information content (AvgIpc) is 2.38. The summed E-state index contributed by atoms with van der Waals surface area (Å²) in [6, 6.07) is 8.03. The molecule has 17 heavy (non-hydrogen) atoms. The van der Waals surface area contributed by atoms with Crippen LogP contribution in [0.4, 0.5) is 0 Å². The fourth-order valence-corrected chi connectivity index (χ4v) is 1.67. The maximum Gasteiger partial charge on any atom is 0.179 e. The molecule has 6 heteroatoms. The third-order valence-corrected chi connectivity index (χ3v) is 2.45. The van der Waals surface area contributed by atoms with Crippen LogP contribution in [0.1, 0.15) is 5.69 Å². The van der Waals surface area contributed by atoms with Gasteiger partial charge < -0.3 is 0 Å². The molecule has 0 radical (unpaired) electrons. The van der Waals surface area contributed by atoms with Crippen LogP contribution in [-0.4, -0.2) is 20.4 Å². The van der Waals surface area contributed by atoms with Crippen molar-refractivity contribution in [3.8, 4) is 6.07 Å². The summed E-state index contributed by atoms with van der Waals surface area (Å²) in [5.41, 5.74) is 1.19. The Morgan fingerprint density at radius 1 is 1.18 bits per heavy atom. The zero-order chi connectivity index (χ0) is 11.8. The lowest BCUT2D eigenvalue weighted by atomic mass is 10.1. The number of benzene rings is 1. The van der Waals surface area contributed by atoms with Crippen LogP contribution in [0.2, 0.25) is 0 Å². The second-order valence-electron chi connectivity index (χ2n) is 3.51. The van der Waals surface area contributed by atoms with Crippen LogP contribution in [0.5, 0.6) is 0 Å². The lowest BCUT2D eigenvalue weighted by Gasteiger charge is -2.00. The molecule has 0 aliphatic rings. The number of rotatable bonds is 0. The van der Waals surface area contributed by atoms with Crippen molar-refractivity contribution in [2.24, 2.45) is 0 Å². The standard InChI is InChI=1S/C11H5N5O/c12-5-6-3-9-8-4-7(17)1-2-10(8)14-16-11(9)15-13-6/h1-4H,(H,15,16). The van der Waals surface area contributed by atoms with Crippen LogP contribution in [0.15, 0.2) is 29.1 Å². The molecule has 0 amide bonds. The van der Waals surface area contributed by atoms with Gasteiger partial charge in [-0.25, -0.2) is 0 Å². The number of nitrogens with one attached hydrogen (secondary N) is 1. The SMILES string of the molecule is N#Cc1cc2c(nnc3ccc(=O)cc32)[nH]n1. The molecule has 80 valence electrons. The second-order valence-corrected chi connectivity index (χ2v) is 3.51. The van der Waals surface area contributed by atoms with Crippen LogP contribution in [0.3, 0.4) is 0 Å². The van der Waals surface area contributed by atoms with Crippen molar-refractivity contribution < 1.29 is 0 Å². The third kappa shape index (κ3) is 1.41. The lowest BCUT2D eigenvalue weighted by Crippen LogP contribution is -1.99. The van der Waals surface area contributed by atoms with Crippen LogP contribution in [-0.2, 0) is 0 Å². The molecule has 2 aromatic heterocycles. The van der Waals surface area contributed by atoms with Gasteiger partial charge in [-0.3, -0.25) is 9.89 Å². The Bertz CT molecular complexity index is 830. The van der Waals surface area contributed by atoms with E-state index >= 15 is 0 Å². The second kappa shape index (κ2) is 3.35. The van der Waals surface area contributed by atoms with E-state index in [-0.39, 0.29) is 11.1 Å². The molecule has 0 atom stereocenters. The minimum absolute atomic E-state index is 0.109. The lowest BCUT2D eigenvalue weighted by molar-refractivity contribution is 0.994. The van der Waals surface area contributed by atoms with Crippen molar-refractivity contribution in [1.82, 2.24) is 20.4 Å². The summed E-state index contributed by atoms with van der Waals surface area (Å²) in [5.74, 6) is 0. The first kappa shape index (κ1) is 9.42. The molecular weight excluding hydrogens is 218 g/mol. The quantitative estimate of drug-likeness (QED) is 0.567. The van der Waals surface area contributed by atoms with E-state index in [1.54, 1.807) is 12.1 Å². The molecule has 6 nitrogen and oxygen atoms in total. The normalized spacial score (nSPS) is 10.5. The molecular formula is C11H5N5O. The molecule has 3 rings (SSSR count). The van der Waals surface area contributed by atoms with Crippen molar-refractivity contribution in [3.63, 3.8) is 0 Å². The zero-order valence-electron chi connectivity index (χ0n) is 8.51. The van der Waals surface area contributed by atoms with Gasteiger partial charge in [0, 0.05) is 10.8 Å². The van der Waals surface area contributed by atoms with Gasteiger partial charge in [-0.05, 0) is 24.3 Å². The Labute approximate surface area is 94.5 Å². The van der Waals surface area contributed by atoms with Gasteiger partial charge in [0.2, 0.25) is 0 Å². The van der Waals surface area contributed by atoms with Gasteiger partial charge in [-0.15, -0.1) is 10.2 Å². The van der Waals surface area contributed by atoms with E-state index in [2.05, 4.69) is 20.4 Å². The van der Waals surface area contributed by atoms with Gasteiger partial charge in [0.25, 0.3) is 0 Å². The fraction of sp³-hybridized carbons (Fsp3) is 0. The highest BCUT2D eigenvalue weighted by molar-refractivity contribution is 6.02. The third-order valence-electron chi connectivity index (χ3n) is 2.45. The van der Waals surface area contributed by atoms with E-state index in [4.69, 9.17) is 5.26 Å². The number of aromatic nitrogens is 4. The minimum Gasteiger partial charge on any atom is -0.290 e. The van der Waals surface area contributed by atoms with Gasteiger partial charge >= 0.3 is 0 Å². The number of hydrogen-bond donors (Lipinski definition) is 1. The molecule has 0 saturated heterocycles. The molecule has 0 aliphatic heterocycles. The molecule has 0 unspecified atom stereocenters. The summed E-state index contributed by atoms with van der Waals surface area (Å²) in [5, 5.41) is 24.4. The summed E-state index contributed by atoms with van der Waals surface area (Å²) in [6.45, 7) is 0. The summed E-state index contributed by atoms with van der Waals surface area (Å²) >= 11 is 0. The zero-order valence-corrected chi connectivity index (χ0v) is 8.51. The van der Waals surface area contributed by atoms with Crippen LogP contribution in [0, 0.1) is 11.3 Å².